The van der Waals surface area contributed by atoms with Crippen molar-refractivity contribution < 1.29 is 29.0 Å². The molecule has 1 aromatic rings. The first kappa shape index (κ1) is 23.5. The number of nitrogens with one attached hydrogen (secondary N) is 1. The van der Waals surface area contributed by atoms with Gasteiger partial charge in [-0.05, 0) is 69.0 Å². The number of esters is 1. The standard InChI is InChI=1S/C22H26ClNO6/c1-22(2,21(28)29-14-12-19(25)26)30-18-9-3-15(4-10-18)11-13-24-20(27)16-5-7-17(23)8-6-16/h3,5-10,15H,4,11-14H2,1-2H3,(H,24,27)(H,25,26). The summed E-state index contributed by atoms with van der Waals surface area (Å²) in [5.74, 6) is -1.00. The molecule has 0 saturated carbocycles. The third-order valence-electron chi connectivity index (χ3n) is 4.48. The number of halogens is 1. The molecule has 7 nitrogen and oxygen atoms in total. The van der Waals surface area contributed by atoms with E-state index in [2.05, 4.69) is 5.32 Å². The SMILES string of the molecule is CC(C)(OC1=CCC(CCNC(=O)c2ccc(Cl)cc2)C=C1)C(=O)OCCC(=O)O. The molecule has 0 heterocycles. The van der Waals surface area contributed by atoms with Gasteiger partial charge in [0.2, 0.25) is 0 Å². The van der Waals surface area contributed by atoms with Crippen molar-refractivity contribution in [3.8, 4) is 0 Å². The number of carboxylic acid groups (broad SMARTS) is 1. The minimum Gasteiger partial charge on any atom is -0.481 e. The Bertz CT molecular complexity index is 829. The fraction of sp³-hybridized carbons (Fsp3) is 0.409. The lowest BCUT2D eigenvalue weighted by Crippen LogP contribution is -2.37. The van der Waals surface area contributed by atoms with Gasteiger partial charge in [0.05, 0.1) is 6.42 Å². The van der Waals surface area contributed by atoms with Crippen LogP contribution < -0.4 is 5.32 Å². The van der Waals surface area contributed by atoms with Crippen molar-refractivity contribution in [2.24, 2.45) is 5.92 Å². The molecule has 0 aromatic heterocycles. The maximum Gasteiger partial charge on any atom is 0.349 e. The molecule has 30 heavy (non-hydrogen) atoms. The van der Waals surface area contributed by atoms with Crippen LogP contribution in [-0.4, -0.2) is 41.7 Å². The van der Waals surface area contributed by atoms with Crippen molar-refractivity contribution in [3.05, 3.63) is 58.8 Å². The molecule has 162 valence electrons. The van der Waals surface area contributed by atoms with Gasteiger partial charge in [0, 0.05) is 17.1 Å². The lowest BCUT2D eigenvalue weighted by atomic mass is 9.96. The Morgan fingerprint density at radius 3 is 2.53 bits per heavy atom. The topological polar surface area (TPSA) is 102 Å². The zero-order chi connectivity index (χ0) is 22.1. The Hall–Kier alpha value is -2.80. The number of carbonyl (C=O) groups is 3. The van der Waals surface area contributed by atoms with E-state index in [4.69, 9.17) is 26.2 Å². The number of amides is 1. The van der Waals surface area contributed by atoms with Gasteiger partial charge in [0.25, 0.3) is 5.91 Å². The van der Waals surface area contributed by atoms with Gasteiger partial charge < -0.3 is 19.9 Å². The number of rotatable bonds is 10. The van der Waals surface area contributed by atoms with E-state index < -0.39 is 17.5 Å². The lowest BCUT2D eigenvalue weighted by Gasteiger charge is -2.26. The fourth-order valence-corrected chi connectivity index (χ4v) is 2.88. The average molecular weight is 436 g/mol. The van der Waals surface area contributed by atoms with Crippen molar-refractivity contribution >= 4 is 29.4 Å². The van der Waals surface area contributed by atoms with Gasteiger partial charge in [-0.3, -0.25) is 9.59 Å². The smallest absolute Gasteiger partial charge is 0.349 e. The van der Waals surface area contributed by atoms with Crippen molar-refractivity contribution in [2.45, 2.75) is 38.7 Å². The molecule has 1 aliphatic carbocycles. The van der Waals surface area contributed by atoms with E-state index in [1.807, 2.05) is 12.2 Å². The molecule has 0 aliphatic heterocycles. The van der Waals surface area contributed by atoms with Gasteiger partial charge in [-0.15, -0.1) is 0 Å². The van der Waals surface area contributed by atoms with Crippen molar-refractivity contribution in [2.75, 3.05) is 13.2 Å². The first-order valence-corrected chi connectivity index (χ1v) is 10.1. The van der Waals surface area contributed by atoms with E-state index in [9.17, 15) is 14.4 Å². The predicted octanol–water partition coefficient (Wildman–Crippen LogP) is 3.73. The maximum absolute atomic E-state index is 12.1. The highest BCUT2D eigenvalue weighted by Gasteiger charge is 2.32. The van der Waals surface area contributed by atoms with Crippen LogP contribution in [0.3, 0.4) is 0 Å². The number of carboxylic acids is 1. The Morgan fingerprint density at radius 1 is 1.23 bits per heavy atom. The van der Waals surface area contributed by atoms with Crippen LogP contribution in [0.5, 0.6) is 0 Å². The van der Waals surface area contributed by atoms with Gasteiger partial charge in [-0.2, -0.15) is 0 Å². The van der Waals surface area contributed by atoms with Gasteiger partial charge in [-0.1, -0.05) is 17.7 Å². The van der Waals surface area contributed by atoms with Gasteiger partial charge in [0.1, 0.15) is 12.4 Å². The van der Waals surface area contributed by atoms with Crippen LogP contribution in [0, 0.1) is 5.92 Å². The van der Waals surface area contributed by atoms with Crippen molar-refractivity contribution in [1.29, 1.82) is 0 Å². The number of allylic oxidation sites excluding steroid dienone is 3. The summed E-state index contributed by atoms with van der Waals surface area (Å²) in [6.07, 6.45) is 6.89. The first-order valence-electron chi connectivity index (χ1n) is 9.67. The molecule has 1 aromatic carbocycles. The molecule has 0 spiro atoms. The Labute approximate surface area is 180 Å². The highest BCUT2D eigenvalue weighted by atomic mass is 35.5. The quantitative estimate of drug-likeness (QED) is 0.543. The normalized spacial score (nSPS) is 15.8. The van der Waals surface area contributed by atoms with E-state index in [0.29, 0.717) is 29.3 Å². The zero-order valence-electron chi connectivity index (χ0n) is 17.0. The Balaban J connectivity index is 1.73. The number of hydrogen-bond donors (Lipinski definition) is 2. The van der Waals surface area contributed by atoms with Crippen LogP contribution in [-0.2, 0) is 19.1 Å². The minimum absolute atomic E-state index is 0.144. The number of ether oxygens (including phenoxy) is 2. The highest BCUT2D eigenvalue weighted by molar-refractivity contribution is 6.30. The summed E-state index contributed by atoms with van der Waals surface area (Å²) in [4.78, 5) is 34.7. The third kappa shape index (κ3) is 7.55. The number of aliphatic carboxylic acids is 1. The summed E-state index contributed by atoms with van der Waals surface area (Å²) in [6.45, 7) is 3.48. The van der Waals surface area contributed by atoms with E-state index in [0.717, 1.165) is 6.42 Å². The molecule has 0 fully saturated rings. The second-order valence-electron chi connectivity index (χ2n) is 7.40. The number of carbonyl (C=O) groups excluding carboxylic acids is 2. The molecule has 1 atom stereocenters. The molecular formula is C22H26ClNO6. The van der Waals surface area contributed by atoms with Crippen molar-refractivity contribution in [3.63, 3.8) is 0 Å². The third-order valence-corrected chi connectivity index (χ3v) is 4.73. The fourth-order valence-electron chi connectivity index (χ4n) is 2.75. The monoisotopic (exact) mass is 435 g/mol. The van der Waals surface area contributed by atoms with Crippen LogP contribution in [0.15, 0.2) is 48.3 Å². The van der Waals surface area contributed by atoms with E-state index in [1.54, 1.807) is 44.2 Å². The molecule has 0 radical (unpaired) electrons. The predicted molar refractivity (Wildman–Crippen MR) is 112 cm³/mol. The summed E-state index contributed by atoms with van der Waals surface area (Å²) in [7, 11) is 0. The zero-order valence-corrected chi connectivity index (χ0v) is 17.8. The molecule has 2 N–H and O–H groups in total. The molecule has 1 aliphatic rings. The molecule has 8 heteroatoms. The second kappa shape index (κ2) is 10.8. The summed E-state index contributed by atoms with van der Waals surface area (Å²) in [5, 5.41) is 12.1. The van der Waals surface area contributed by atoms with E-state index >= 15 is 0 Å². The van der Waals surface area contributed by atoms with Crippen LogP contribution in [0.2, 0.25) is 5.02 Å². The average Bonchev–Trinajstić information content (AvgIpc) is 2.69. The largest absolute Gasteiger partial charge is 0.481 e. The maximum atomic E-state index is 12.1. The van der Waals surface area contributed by atoms with Gasteiger partial charge >= 0.3 is 11.9 Å². The molecule has 1 amide bonds. The van der Waals surface area contributed by atoms with Crippen LogP contribution in [0.1, 0.15) is 43.5 Å². The molecule has 1 unspecified atom stereocenters. The summed E-state index contributed by atoms with van der Waals surface area (Å²) in [5.41, 5.74) is -0.666. The summed E-state index contributed by atoms with van der Waals surface area (Å²) >= 11 is 5.82. The number of hydrogen-bond acceptors (Lipinski definition) is 5. The summed E-state index contributed by atoms with van der Waals surface area (Å²) in [6, 6.07) is 6.71. The van der Waals surface area contributed by atoms with Gasteiger partial charge in [0.15, 0.2) is 5.60 Å². The molecule has 2 rings (SSSR count). The minimum atomic E-state index is -1.23. The molecular weight excluding hydrogens is 410 g/mol. The van der Waals surface area contributed by atoms with Crippen LogP contribution in [0.4, 0.5) is 0 Å². The first-order chi connectivity index (χ1) is 14.2. The molecule has 0 saturated heterocycles. The van der Waals surface area contributed by atoms with Crippen molar-refractivity contribution in [1.82, 2.24) is 5.32 Å². The second-order valence-corrected chi connectivity index (χ2v) is 7.84. The Morgan fingerprint density at radius 2 is 1.93 bits per heavy atom. The molecule has 0 bridgehead atoms. The van der Waals surface area contributed by atoms with Gasteiger partial charge in [-0.25, -0.2) is 4.79 Å². The Kier molecular flexibility index (Phi) is 8.47. The number of benzene rings is 1. The van der Waals surface area contributed by atoms with Crippen LogP contribution in [0.25, 0.3) is 0 Å². The van der Waals surface area contributed by atoms with E-state index in [-0.39, 0.29) is 24.9 Å². The van der Waals surface area contributed by atoms with Crippen LogP contribution >= 0.6 is 11.6 Å². The van der Waals surface area contributed by atoms with E-state index in [1.165, 1.54) is 0 Å². The lowest BCUT2D eigenvalue weighted by molar-refractivity contribution is -0.164. The summed E-state index contributed by atoms with van der Waals surface area (Å²) < 4.78 is 10.7. The highest BCUT2D eigenvalue weighted by Crippen LogP contribution is 2.24.